The fourth-order valence-corrected chi connectivity index (χ4v) is 1.57. The van der Waals surface area contributed by atoms with Gasteiger partial charge in [-0.2, -0.15) is 0 Å². The van der Waals surface area contributed by atoms with E-state index in [0.717, 1.165) is 0 Å². The minimum atomic E-state index is -0.539. The minimum Gasteiger partial charge on any atom is -0.465 e. The normalized spacial score (nSPS) is 11.8. The van der Waals surface area contributed by atoms with Crippen LogP contribution < -0.4 is 11.1 Å². The standard InChI is InChI=1S/C12H15ClN2O3/c1-7(14)5-11(16)15-10-6-8(13)3-4-9(10)12(17)18-2/h3-4,6-7H,5,14H2,1-2H3,(H,15,16). The Bertz CT molecular complexity index is 461. The molecule has 0 radical (unpaired) electrons. The van der Waals surface area contributed by atoms with E-state index in [0.29, 0.717) is 10.7 Å². The van der Waals surface area contributed by atoms with E-state index in [1.54, 1.807) is 13.0 Å². The molecule has 6 heteroatoms. The van der Waals surface area contributed by atoms with Crippen LogP contribution in [0, 0.1) is 0 Å². The minimum absolute atomic E-state index is 0.160. The van der Waals surface area contributed by atoms with Crippen molar-refractivity contribution in [1.29, 1.82) is 0 Å². The number of amides is 1. The highest BCUT2D eigenvalue weighted by Gasteiger charge is 2.15. The molecule has 3 N–H and O–H groups in total. The Hall–Kier alpha value is -1.59. The number of hydrogen-bond acceptors (Lipinski definition) is 4. The highest BCUT2D eigenvalue weighted by Crippen LogP contribution is 2.22. The Morgan fingerprint density at radius 1 is 1.50 bits per heavy atom. The Kier molecular flexibility index (Phi) is 5.12. The van der Waals surface area contributed by atoms with E-state index in [9.17, 15) is 9.59 Å². The van der Waals surface area contributed by atoms with E-state index < -0.39 is 5.97 Å². The van der Waals surface area contributed by atoms with Crippen molar-refractivity contribution in [3.63, 3.8) is 0 Å². The van der Waals surface area contributed by atoms with Crippen molar-refractivity contribution >= 4 is 29.2 Å². The van der Waals surface area contributed by atoms with Crippen LogP contribution in [0.3, 0.4) is 0 Å². The summed E-state index contributed by atoms with van der Waals surface area (Å²) in [6.45, 7) is 1.72. The van der Waals surface area contributed by atoms with Gasteiger partial charge in [0.1, 0.15) is 0 Å². The number of nitrogens with two attached hydrogens (primary N) is 1. The van der Waals surface area contributed by atoms with Gasteiger partial charge in [0, 0.05) is 17.5 Å². The van der Waals surface area contributed by atoms with Crippen molar-refractivity contribution in [3.8, 4) is 0 Å². The molecule has 0 spiro atoms. The molecule has 0 aromatic heterocycles. The average molecular weight is 271 g/mol. The molecule has 0 aliphatic rings. The molecule has 0 aliphatic carbocycles. The first-order valence-corrected chi connectivity index (χ1v) is 5.75. The highest BCUT2D eigenvalue weighted by molar-refractivity contribution is 6.31. The number of carbonyl (C=O) groups excluding carboxylic acids is 2. The molecular formula is C12H15ClN2O3. The Morgan fingerprint density at radius 2 is 2.17 bits per heavy atom. The quantitative estimate of drug-likeness (QED) is 0.818. The van der Waals surface area contributed by atoms with Gasteiger partial charge in [0.2, 0.25) is 5.91 Å². The van der Waals surface area contributed by atoms with Gasteiger partial charge < -0.3 is 15.8 Å². The summed E-state index contributed by atoms with van der Waals surface area (Å²) in [5.41, 5.74) is 6.09. The predicted octanol–water partition coefficient (Wildman–Crippen LogP) is 1.80. The Morgan fingerprint density at radius 3 is 2.72 bits per heavy atom. The third-order valence-corrected chi connectivity index (χ3v) is 2.40. The van der Waals surface area contributed by atoms with Gasteiger partial charge in [-0.1, -0.05) is 11.6 Å². The summed E-state index contributed by atoms with van der Waals surface area (Å²) in [5, 5.41) is 3.01. The topological polar surface area (TPSA) is 81.4 Å². The second-order valence-corrected chi connectivity index (χ2v) is 4.35. The van der Waals surface area contributed by atoms with Crippen molar-refractivity contribution in [2.45, 2.75) is 19.4 Å². The van der Waals surface area contributed by atoms with Gasteiger partial charge in [0.25, 0.3) is 0 Å². The SMILES string of the molecule is COC(=O)c1ccc(Cl)cc1NC(=O)CC(C)N. The number of carbonyl (C=O) groups is 2. The van der Waals surface area contributed by atoms with Gasteiger partial charge >= 0.3 is 5.97 Å². The molecule has 0 fully saturated rings. The van der Waals surface area contributed by atoms with Crippen molar-refractivity contribution in [2.24, 2.45) is 5.73 Å². The molecule has 1 amide bonds. The smallest absolute Gasteiger partial charge is 0.339 e. The first-order chi connectivity index (χ1) is 8.43. The average Bonchev–Trinajstić information content (AvgIpc) is 2.27. The maximum absolute atomic E-state index is 11.6. The summed E-state index contributed by atoms with van der Waals surface area (Å²) < 4.78 is 4.62. The molecule has 98 valence electrons. The molecule has 18 heavy (non-hydrogen) atoms. The van der Waals surface area contributed by atoms with Crippen LogP contribution >= 0.6 is 11.6 Å². The zero-order valence-corrected chi connectivity index (χ0v) is 11.0. The molecule has 0 aliphatic heterocycles. The van der Waals surface area contributed by atoms with Crippen LogP contribution in [0.25, 0.3) is 0 Å². The molecular weight excluding hydrogens is 256 g/mol. The molecule has 5 nitrogen and oxygen atoms in total. The van der Waals surface area contributed by atoms with Gasteiger partial charge in [-0.15, -0.1) is 0 Å². The van der Waals surface area contributed by atoms with Crippen molar-refractivity contribution < 1.29 is 14.3 Å². The lowest BCUT2D eigenvalue weighted by molar-refractivity contribution is -0.116. The van der Waals surface area contributed by atoms with Gasteiger partial charge in [0.15, 0.2) is 0 Å². The summed E-state index contributed by atoms with van der Waals surface area (Å²) in [7, 11) is 1.27. The summed E-state index contributed by atoms with van der Waals surface area (Å²) in [5.74, 6) is -0.819. The van der Waals surface area contributed by atoms with E-state index in [1.807, 2.05) is 0 Å². The molecule has 1 atom stereocenters. The van der Waals surface area contributed by atoms with E-state index in [2.05, 4.69) is 10.1 Å². The number of hydrogen-bond donors (Lipinski definition) is 2. The van der Waals surface area contributed by atoms with Gasteiger partial charge in [-0.25, -0.2) is 4.79 Å². The zero-order chi connectivity index (χ0) is 13.7. The Balaban J connectivity index is 2.95. The number of anilines is 1. The van der Waals surface area contributed by atoms with Crippen LogP contribution in [-0.4, -0.2) is 25.0 Å². The molecule has 0 bridgehead atoms. The number of methoxy groups -OCH3 is 1. The van der Waals surface area contributed by atoms with Crippen molar-refractivity contribution in [3.05, 3.63) is 28.8 Å². The summed E-state index contributed by atoms with van der Waals surface area (Å²) in [4.78, 5) is 23.1. The van der Waals surface area contributed by atoms with E-state index in [-0.39, 0.29) is 23.9 Å². The number of rotatable bonds is 4. The number of esters is 1. The van der Waals surface area contributed by atoms with Crippen LogP contribution in [-0.2, 0) is 9.53 Å². The van der Waals surface area contributed by atoms with Gasteiger partial charge in [-0.3, -0.25) is 4.79 Å². The van der Waals surface area contributed by atoms with Crippen LogP contribution in [0.4, 0.5) is 5.69 Å². The summed E-state index contributed by atoms with van der Waals surface area (Å²) in [6, 6.07) is 4.28. The predicted molar refractivity (Wildman–Crippen MR) is 69.7 cm³/mol. The van der Waals surface area contributed by atoms with Gasteiger partial charge in [-0.05, 0) is 25.1 Å². The highest BCUT2D eigenvalue weighted by atomic mass is 35.5. The monoisotopic (exact) mass is 270 g/mol. The number of nitrogens with one attached hydrogen (secondary N) is 1. The first-order valence-electron chi connectivity index (χ1n) is 5.37. The second kappa shape index (κ2) is 6.37. The maximum Gasteiger partial charge on any atom is 0.339 e. The first kappa shape index (κ1) is 14.5. The molecule has 0 saturated heterocycles. The van der Waals surface area contributed by atoms with Crippen molar-refractivity contribution in [2.75, 3.05) is 12.4 Å². The second-order valence-electron chi connectivity index (χ2n) is 3.91. The van der Waals surface area contributed by atoms with Gasteiger partial charge in [0.05, 0.1) is 18.4 Å². The largest absolute Gasteiger partial charge is 0.465 e. The fraction of sp³-hybridized carbons (Fsp3) is 0.333. The van der Waals surface area contributed by atoms with E-state index >= 15 is 0 Å². The molecule has 1 unspecified atom stereocenters. The van der Waals surface area contributed by atoms with Crippen LogP contribution in [0.2, 0.25) is 5.02 Å². The van der Waals surface area contributed by atoms with E-state index in [1.165, 1.54) is 19.2 Å². The number of halogens is 1. The Labute approximate surface area is 110 Å². The fourth-order valence-electron chi connectivity index (χ4n) is 1.40. The number of benzene rings is 1. The van der Waals surface area contributed by atoms with Crippen LogP contribution in [0.15, 0.2) is 18.2 Å². The van der Waals surface area contributed by atoms with Crippen LogP contribution in [0.1, 0.15) is 23.7 Å². The zero-order valence-electron chi connectivity index (χ0n) is 10.2. The lowest BCUT2D eigenvalue weighted by Crippen LogP contribution is -2.24. The third-order valence-electron chi connectivity index (χ3n) is 2.17. The molecule has 1 aromatic carbocycles. The van der Waals surface area contributed by atoms with Crippen molar-refractivity contribution in [1.82, 2.24) is 0 Å². The van der Waals surface area contributed by atoms with Crippen LogP contribution in [0.5, 0.6) is 0 Å². The molecule has 1 aromatic rings. The third kappa shape index (κ3) is 4.01. The molecule has 0 heterocycles. The number of ether oxygens (including phenoxy) is 1. The molecule has 1 rings (SSSR count). The lowest BCUT2D eigenvalue weighted by atomic mass is 10.1. The maximum atomic E-state index is 11.6. The lowest BCUT2D eigenvalue weighted by Gasteiger charge is -2.11. The summed E-state index contributed by atoms with van der Waals surface area (Å²) in [6.07, 6.45) is 0.160. The van der Waals surface area contributed by atoms with E-state index in [4.69, 9.17) is 17.3 Å². The summed E-state index contributed by atoms with van der Waals surface area (Å²) >= 11 is 5.83. The molecule has 0 saturated carbocycles.